The molecule has 0 aliphatic carbocycles. The van der Waals surface area contributed by atoms with E-state index in [0.717, 1.165) is 23.3 Å². The van der Waals surface area contributed by atoms with Crippen molar-refractivity contribution in [2.75, 3.05) is 13.7 Å². The van der Waals surface area contributed by atoms with E-state index < -0.39 is 11.7 Å². The van der Waals surface area contributed by atoms with Crippen molar-refractivity contribution < 1.29 is 19.1 Å². The number of hydrogen-bond donors (Lipinski definition) is 1. The lowest BCUT2D eigenvalue weighted by molar-refractivity contribution is -0.134. The van der Waals surface area contributed by atoms with Crippen molar-refractivity contribution in [3.63, 3.8) is 0 Å². The highest BCUT2D eigenvalue weighted by molar-refractivity contribution is 5.83. The van der Waals surface area contributed by atoms with Gasteiger partial charge in [0, 0.05) is 24.5 Å². The van der Waals surface area contributed by atoms with Gasteiger partial charge in [-0.3, -0.25) is 4.79 Å². The Morgan fingerprint density at radius 2 is 1.76 bits per heavy atom. The molecule has 1 fully saturated rings. The van der Waals surface area contributed by atoms with Crippen LogP contribution >= 0.6 is 0 Å². The maximum Gasteiger partial charge on any atom is 0.407 e. The van der Waals surface area contributed by atoms with E-state index >= 15 is 0 Å². The summed E-state index contributed by atoms with van der Waals surface area (Å²) in [5, 5.41) is 2.86. The molecular formula is C28H38N2O4. The first-order chi connectivity index (χ1) is 16.0. The summed E-state index contributed by atoms with van der Waals surface area (Å²) in [6.07, 6.45) is 0.985. The number of likely N-dealkylation sites (tertiary alicyclic amines) is 1. The maximum atomic E-state index is 13.7. The van der Waals surface area contributed by atoms with Gasteiger partial charge in [-0.05, 0) is 76.6 Å². The predicted octanol–water partition coefficient (Wildman–Crippen LogP) is 5.52. The fraction of sp³-hybridized carbons (Fsp3) is 0.500. The number of carbonyl (C=O) groups is 2. The second-order valence-electron chi connectivity index (χ2n) is 10.6. The third kappa shape index (κ3) is 6.52. The van der Waals surface area contributed by atoms with Gasteiger partial charge in [-0.15, -0.1) is 0 Å². The summed E-state index contributed by atoms with van der Waals surface area (Å²) in [5.41, 5.74) is 1.38. The summed E-state index contributed by atoms with van der Waals surface area (Å²) in [4.78, 5) is 27.9. The smallest absolute Gasteiger partial charge is 0.407 e. The van der Waals surface area contributed by atoms with Gasteiger partial charge in [0.2, 0.25) is 5.91 Å². The molecule has 0 bridgehead atoms. The molecule has 1 saturated heterocycles. The third-order valence-corrected chi connectivity index (χ3v) is 6.37. The molecule has 0 spiro atoms. The molecule has 0 saturated carbocycles. The standard InChI is InChI=1S/C28H38N2O4/c1-27(2,3)34-26(32)29-17-16-23(21-10-8-7-9-11-21)24-18-28(4,5)30(25(24)31)19-20-12-14-22(33-6)15-13-20/h7-15,23-24H,16-19H2,1-6H3,(H,29,32). The zero-order valence-electron chi connectivity index (χ0n) is 21.3. The van der Waals surface area contributed by atoms with Crippen LogP contribution in [0.2, 0.25) is 0 Å². The number of hydrogen-bond acceptors (Lipinski definition) is 4. The Kier molecular flexibility index (Phi) is 7.90. The number of rotatable bonds is 8. The van der Waals surface area contributed by atoms with Crippen LogP contribution < -0.4 is 10.1 Å². The van der Waals surface area contributed by atoms with Crippen LogP contribution in [0.4, 0.5) is 4.79 Å². The fourth-order valence-electron chi connectivity index (χ4n) is 4.70. The van der Waals surface area contributed by atoms with Crippen molar-refractivity contribution in [2.24, 2.45) is 5.92 Å². The molecule has 2 amide bonds. The Balaban J connectivity index is 1.76. The highest BCUT2D eigenvalue weighted by atomic mass is 16.6. The molecule has 1 aliphatic heterocycles. The lowest BCUT2D eigenvalue weighted by Crippen LogP contribution is -2.40. The summed E-state index contributed by atoms with van der Waals surface area (Å²) in [7, 11) is 1.65. The third-order valence-electron chi connectivity index (χ3n) is 6.37. The molecule has 1 heterocycles. The Morgan fingerprint density at radius 3 is 2.35 bits per heavy atom. The monoisotopic (exact) mass is 466 g/mol. The van der Waals surface area contributed by atoms with E-state index in [1.54, 1.807) is 7.11 Å². The largest absolute Gasteiger partial charge is 0.497 e. The van der Waals surface area contributed by atoms with Crippen LogP contribution in [0.3, 0.4) is 0 Å². The molecule has 2 aromatic carbocycles. The van der Waals surface area contributed by atoms with Crippen molar-refractivity contribution in [1.82, 2.24) is 10.2 Å². The molecular weight excluding hydrogens is 428 g/mol. The van der Waals surface area contributed by atoms with Crippen LogP contribution in [0.5, 0.6) is 5.75 Å². The number of amides is 2. The minimum absolute atomic E-state index is 0.00350. The van der Waals surface area contributed by atoms with Crippen LogP contribution in [0, 0.1) is 5.92 Å². The van der Waals surface area contributed by atoms with Crippen molar-refractivity contribution in [3.05, 3.63) is 65.7 Å². The quantitative estimate of drug-likeness (QED) is 0.556. The summed E-state index contributed by atoms with van der Waals surface area (Å²) in [6.45, 7) is 10.8. The highest BCUT2D eigenvalue weighted by Crippen LogP contribution is 2.43. The topological polar surface area (TPSA) is 67.9 Å². The fourth-order valence-corrected chi connectivity index (χ4v) is 4.70. The molecule has 1 aliphatic rings. The lowest BCUT2D eigenvalue weighted by atomic mass is 9.80. The molecule has 6 nitrogen and oxygen atoms in total. The van der Waals surface area contributed by atoms with E-state index in [9.17, 15) is 9.59 Å². The first-order valence-electron chi connectivity index (χ1n) is 12.0. The molecule has 34 heavy (non-hydrogen) atoms. The Bertz CT molecular complexity index is 964. The molecule has 0 aromatic heterocycles. The minimum atomic E-state index is -0.545. The molecule has 0 radical (unpaired) electrons. The lowest BCUT2D eigenvalue weighted by Gasteiger charge is -2.31. The highest BCUT2D eigenvalue weighted by Gasteiger charge is 2.47. The van der Waals surface area contributed by atoms with Crippen LogP contribution in [0.1, 0.15) is 64.5 Å². The number of ether oxygens (including phenoxy) is 2. The van der Waals surface area contributed by atoms with Crippen molar-refractivity contribution in [1.29, 1.82) is 0 Å². The van der Waals surface area contributed by atoms with Crippen molar-refractivity contribution >= 4 is 12.0 Å². The molecule has 2 unspecified atom stereocenters. The number of alkyl carbamates (subject to hydrolysis) is 1. The van der Waals surface area contributed by atoms with Crippen molar-refractivity contribution in [3.8, 4) is 5.75 Å². The Labute approximate surface area is 203 Å². The van der Waals surface area contributed by atoms with Crippen molar-refractivity contribution in [2.45, 2.75) is 71.1 Å². The predicted molar refractivity (Wildman–Crippen MR) is 134 cm³/mol. The van der Waals surface area contributed by atoms with Crippen LogP contribution in [0.25, 0.3) is 0 Å². The zero-order chi connectivity index (χ0) is 24.9. The summed E-state index contributed by atoms with van der Waals surface area (Å²) >= 11 is 0. The molecule has 2 atom stereocenters. The molecule has 184 valence electrons. The molecule has 3 rings (SSSR count). The van der Waals surface area contributed by atoms with Crippen LogP contribution in [0.15, 0.2) is 54.6 Å². The second kappa shape index (κ2) is 10.5. The average Bonchev–Trinajstić information content (AvgIpc) is 3.00. The first kappa shape index (κ1) is 25.6. The first-order valence-corrected chi connectivity index (χ1v) is 12.0. The number of nitrogens with one attached hydrogen (secondary N) is 1. The SMILES string of the molecule is COc1ccc(CN2C(=O)C(C(CCNC(=O)OC(C)(C)C)c3ccccc3)CC2(C)C)cc1. The number of methoxy groups -OCH3 is 1. The van der Waals surface area contributed by atoms with Gasteiger partial charge in [-0.2, -0.15) is 0 Å². The Morgan fingerprint density at radius 1 is 1.12 bits per heavy atom. The van der Waals surface area contributed by atoms with Gasteiger partial charge < -0.3 is 19.7 Å². The zero-order valence-corrected chi connectivity index (χ0v) is 21.3. The van der Waals surface area contributed by atoms with Gasteiger partial charge in [0.1, 0.15) is 11.4 Å². The van der Waals surface area contributed by atoms with E-state index in [2.05, 4.69) is 31.3 Å². The summed E-state index contributed by atoms with van der Waals surface area (Å²) in [6, 6.07) is 18.0. The average molecular weight is 467 g/mol. The van der Waals surface area contributed by atoms with E-state index in [0.29, 0.717) is 19.5 Å². The summed E-state index contributed by atoms with van der Waals surface area (Å²) in [5.74, 6) is 0.807. The Hall–Kier alpha value is -3.02. The van der Waals surface area contributed by atoms with Gasteiger partial charge in [0.15, 0.2) is 0 Å². The van der Waals surface area contributed by atoms with E-state index in [-0.39, 0.29) is 23.3 Å². The van der Waals surface area contributed by atoms with Crippen LogP contribution in [-0.4, -0.2) is 41.7 Å². The van der Waals surface area contributed by atoms with Crippen LogP contribution in [-0.2, 0) is 16.1 Å². The maximum absolute atomic E-state index is 13.7. The normalized spacial score (nSPS) is 18.5. The number of carbonyl (C=O) groups excluding carboxylic acids is 2. The molecule has 2 aromatic rings. The number of nitrogens with zero attached hydrogens (tertiary/aromatic N) is 1. The molecule has 1 N–H and O–H groups in total. The van der Waals surface area contributed by atoms with E-state index in [1.165, 1.54) is 0 Å². The van der Waals surface area contributed by atoms with Gasteiger partial charge in [-0.25, -0.2) is 4.79 Å². The molecule has 6 heteroatoms. The van der Waals surface area contributed by atoms with Gasteiger partial charge in [0.25, 0.3) is 0 Å². The van der Waals surface area contributed by atoms with E-state index in [4.69, 9.17) is 9.47 Å². The van der Waals surface area contributed by atoms with E-state index in [1.807, 2.05) is 68.1 Å². The van der Waals surface area contributed by atoms with Gasteiger partial charge >= 0.3 is 6.09 Å². The van der Waals surface area contributed by atoms with Gasteiger partial charge in [0.05, 0.1) is 7.11 Å². The second-order valence-corrected chi connectivity index (χ2v) is 10.6. The van der Waals surface area contributed by atoms with Gasteiger partial charge in [-0.1, -0.05) is 42.5 Å². The summed E-state index contributed by atoms with van der Waals surface area (Å²) < 4.78 is 10.6. The minimum Gasteiger partial charge on any atom is -0.497 e. The number of benzene rings is 2.